The number of pyridine rings is 1. The SMILES string of the molecule is CCOC(=O)C(C)c1c(O)c2ccccc2[nH]c1=O. The molecule has 0 aliphatic heterocycles. The molecule has 5 nitrogen and oxygen atoms in total. The van der Waals surface area contributed by atoms with Gasteiger partial charge in [-0.15, -0.1) is 0 Å². The Bertz CT molecular complexity index is 675. The van der Waals surface area contributed by atoms with Crippen LogP contribution in [0.2, 0.25) is 0 Å². The molecule has 1 atom stereocenters. The minimum Gasteiger partial charge on any atom is -0.507 e. The normalized spacial score (nSPS) is 12.3. The first-order valence-electron chi connectivity index (χ1n) is 6.06. The Kier molecular flexibility index (Phi) is 3.55. The lowest BCUT2D eigenvalue weighted by molar-refractivity contribution is -0.144. The summed E-state index contributed by atoms with van der Waals surface area (Å²) < 4.78 is 4.88. The second-order valence-electron chi connectivity index (χ2n) is 4.24. The Balaban J connectivity index is 2.60. The molecule has 0 aliphatic rings. The van der Waals surface area contributed by atoms with E-state index in [-0.39, 0.29) is 17.9 Å². The van der Waals surface area contributed by atoms with Crippen molar-refractivity contribution in [2.75, 3.05) is 6.61 Å². The summed E-state index contributed by atoms with van der Waals surface area (Å²) in [6.45, 7) is 3.46. The molecule has 0 saturated carbocycles. The van der Waals surface area contributed by atoms with Crippen molar-refractivity contribution < 1.29 is 14.6 Å². The molecular weight excluding hydrogens is 246 g/mol. The number of esters is 1. The summed E-state index contributed by atoms with van der Waals surface area (Å²) in [6.07, 6.45) is 0. The number of para-hydroxylation sites is 1. The molecule has 1 heterocycles. The van der Waals surface area contributed by atoms with Crippen LogP contribution in [0, 0.1) is 0 Å². The van der Waals surface area contributed by atoms with Crippen LogP contribution in [0.5, 0.6) is 5.75 Å². The van der Waals surface area contributed by atoms with Gasteiger partial charge in [0.2, 0.25) is 0 Å². The van der Waals surface area contributed by atoms with Gasteiger partial charge in [-0.2, -0.15) is 0 Å². The number of carbonyl (C=O) groups is 1. The lowest BCUT2D eigenvalue weighted by Crippen LogP contribution is -2.22. The Hall–Kier alpha value is -2.30. The predicted octanol–water partition coefficient (Wildman–Crippen LogP) is 1.90. The molecule has 1 aromatic heterocycles. The van der Waals surface area contributed by atoms with Crippen LogP contribution in [0.1, 0.15) is 25.3 Å². The summed E-state index contributed by atoms with van der Waals surface area (Å²) in [6, 6.07) is 6.88. The van der Waals surface area contributed by atoms with Crippen LogP contribution in [0.15, 0.2) is 29.1 Å². The zero-order chi connectivity index (χ0) is 14.0. The highest BCUT2D eigenvalue weighted by Crippen LogP contribution is 2.29. The average Bonchev–Trinajstić information content (AvgIpc) is 2.38. The first-order chi connectivity index (χ1) is 9.06. The molecule has 2 N–H and O–H groups in total. The van der Waals surface area contributed by atoms with Crippen molar-refractivity contribution in [1.82, 2.24) is 4.98 Å². The zero-order valence-corrected chi connectivity index (χ0v) is 10.8. The van der Waals surface area contributed by atoms with Gasteiger partial charge in [0, 0.05) is 5.39 Å². The molecule has 0 bridgehead atoms. The number of hydrogen-bond donors (Lipinski definition) is 2. The van der Waals surface area contributed by atoms with Crippen molar-refractivity contribution in [3.8, 4) is 5.75 Å². The first-order valence-corrected chi connectivity index (χ1v) is 6.06. The molecular formula is C14H15NO4. The molecule has 0 amide bonds. The summed E-state index contributed by atoms with van der Waals surface area (Å²) >= 11 is 0. The minimum atomic E-state index is -0.812. The van der Waals surface area contributed by atoms with E-state index in [0.717, 1.165) is 0 Å². The van der Waals surface area contributed by atoms with Crippen LogP contribution >= 0.6 is 0 Å². The summed E-state index contributed by atoms with van der Waals surface area (Å²) in [7, 11) is 0. The highest BCUT2D eigenvalue weighted by Gasteiger charge is 2.24. The number of H-pyrrole nitrogens is 1. The lowest BCUT2D eigenvalue weighted by atomic mass is 9.99. The van der Waals surface area contributed by atoms with Gasteiger partial charge in [0.15, 0.2) is 0 Å². The van der Waals surface area contributed by atoms with Crippen molar-refractivity contribution in [3.05, 3.63) is 40.2 Å². The number of fused-ring (bicyclic) bond motifs is 1. The summed E-state index contributed by atoms with van der Waals surface area (Å²) in [5, 5.41) is 10.7. The van der Waals surface area contributed by atoms with Gasteiger partial charge in [0.1, 0.15) is 5.75 Å². The van der Waals surface area contributed by atoms with Crippen molar-refractivity contribution in [2.45, 2.75) is 19.8 Å². The number of rotatable bonds is 3. The quantitative estimate of drug-likeness (QED) is 0.827. The third kappa shape index (κ3) is 2.31. The molecule has 0 fully saturated rings. The maximum Gasteiger partial charge on any atom is 0.313 e. The maximum absolute atomic E-state index is 12.0. The van der Waals surface area contributed by atoms with Crippen LogP contribution in [-0.4, -0.2) is 22.7 Å². The largest absolute Gasteiger partial charge is 0.507 e. The molecule has 0 aliphatic carbocycles. The fourth-order valence-electron chi connectivity index (χ4n) is 2.03. The van der Waals surface area contributed by atoms with Crippen LogP contribution in [0.25, 0.3) is 10.9 Å². The van der Waals surface area contributed by atoms with Crippen LogP contribution in [0.4, 0.5) is 0 Å². The summed E-state index contributed by atoms with van der Waals surface area (Å²) in [5.41, 5.74) is 0.0960. The van der Waals surface area contributed by atoms with Gasteiger partial charge < -0.3 is 14.8 Å². The van der Waals surface area contributed by atoms with Crippen molar-refractivity contribution >= 4 is 16.9 Å². The predicted molar refractivity (Wildman–Crippen MR) is 71.3 cm³/mol. The standard InChI is InChI=1S/C14H15NO4/c1-3-19-14(18)8(2)11-12(16)9-6-4-5-7-10(9)15-13(11)17/h4-8H,3H2,1-2H3,(H2,15,16,17). The molecule has 2 rings (SSSR count). The molecule has 0 spiro atoms. The van der Waals surface area contributed by atoms with Gasteiger partial charge in [-0.25, -0.2) is 0 Å². The monoisotopic (exact) mass is 261 g/mol. The topological polar surface area (TPSA) is 79.4 Å². The highest BCUT2D eigenvalue weighted by atomic mass is 16.5. The van der Waals surface area contributed by atoms with Gasteiger partial charge in [0.25, 0.3) is 5.56 Å². The van der Waals surface area contributed by atoms with Gasteiger partial charge in [-0.3, -0.25) is 9.59 Å². The van der Waals surface area contributed by atoms with E-state index in [9.17, 15) is 14.7 Å². The number of benzene rings is 1. The second-order valence-corrected chi connectivity index (χ2v) is 4.24. The van der Waals surface area contributed by atoms with Gasteiger partial charge >= 0.3 is 5.97 Å². The molecule has 2 aromatic rings. The number of aromatic nitrogens is 1. The third-order valence-corrected chi connectivity index (χ3v) is 3.00. The molecule has 19 heavy (non-hydrogen) atoms. The van der Waals surface area contributed by atoms with Gasteiger partial charge in [0.05, 0.1) is 23.6 Å². The smallest absolute Gasteiger partial charge is 0.313 e. The van der Waals surface area contributed by atoms with E-state index < -0.39 is 17.4 Å². The van der Waals surface area contributed by atoms with Crippen LogP contribution in [0.3, 0.4) is 0 Å². The summed E-state index contributed by atoms with van der Waals surface area (Å²) in [5.74, 6) is -1.51. The number of ether oxygens (including phenoxy) is 1. The molecule has 1 unspecified atom stereocenters. The minimum absolute atomic E-state index is 0.0390. The zero-order valence-electron chi connectivity index (χ0n) is 10.8. The Morgan fingerprint density at radius 2 is 2.11 bits per heavy atom. The van der Waals surface area contributed by atoms with E-state index in [2.05, 4.69) is 4.98 Å². The number of aromatic hydroxyl groups is 1. The first kappa shape index (κ1) is 13.1. The molecule has 1 aromatic carbocycles. The van der Waals surface area contributed by atoms with Crippen LogP contribution < -0.4 is 5.56 Å². The van der Waals surface area contributed by atoms with Gasteiger partial charge in [-0.05, 0) is 26.0 Å². The molecule has 0 saturated heterocycles. The highest BCUT2D eigenvalue weighted by molar-refractivity contribution is 5.88. The Morgan fingerprint density at radius 3 is 2.79 bits per heavy atom. The van der Waals surface area contributed by atoms with E-state index in [1.807, 2.05) is 0 Å². The fourth-order valence-corrected chi connectivity index (χ4v) is 2.03. The number of carbonyl (C=O) groups excluding carboxylic acids is 1. The van der Waals surface area contributed by atoms with Crippen molar-refractivity contribution in [2.24, 2.45) is 0 Å². The lowest BCUT2D eigenvalue weighted by Gasteiger charge is -2.13. The third-order valence-electron chi connectivity index (χ3n) is 3.00. The average molecular weight is 261 g/mol. The number of aromatic amines is 1. The van der Waals surface area contributed by atoms with Crippen molar-refractivity contribution in [1.29, 1.82) is 0 Å². The number of nitrogens with one attached hydrogen (secondary N) is 1. The Labute approximate surface area is 109 Å². The Morgan fingerprint density at radius 1 is 1.42 bits per heavy atom. The molecule has 5 heteroatoms. The van der Waals surface area contributed by atoms with E-state index >= 15 is 0 Å². The second kappa shape index (κ2) is 5.14. The van der Waals surface area contributed by atoms with E-state index in [0.29, 0.717) is 10.9 Å². The van der Waals surface area contributed by atoms with Crippen LogP contribution in [-0.2, 0) is 9.53 Å². The van der Waals surface area contributed by atoms with Crippen molar-refractivity contribution in [3.63, 3.8) is 0 Å². The number of hydrogen-bond acceptors (Lipinski definition) is 4. The fraction of sp³-hybridized carbons (Fsp3) is 0.286. The van der Waals surface area contributed by atoms with Gasteiger partial charge in [-0.1, -0.05) is 12.1 Å². The molecule has 0 radical (unpaired) electrons. The van der Waals surface area contributed by atoms with E-state index in [1.54, 1.807) is 31.2 Å². The summed E-state index contributed by atoms with van der Waals surface area (Å²) in [4.78, 5) is 26.3. The molecule has 100 valence electrons. The van der Waals surface area contributed by atoms with E-state index in [1.165, 1.54) is 6.92 Å². The van der Waals surface area contributed by atoms with E-state index in [4.69, 9.17) is 4.74 Å². The maximum atomic E-state index is 12.0.